The summed E-state index contributed by atoms with van der Waals surface area (Å²) in [5.74, 6) is -2.70. The van der Waals surface area contributed by atoms with Gasteiger partial charge in [-0.25, -0.2) is 32.6 Å². The Morgan fingerprint density at radius 3 is 2.64 bits per heavy atom. The third kappa shape index (κ3) is 6.56. The van der Waals surface area contributed by atoms with E-state index >= 15 is 8.78 Å². The van der Waals surface area contributed by atoms with Crippen molar-refractivity contribution in [3.8, 4) is 11.1 Å². The number of hydrogen-bond acceptors (Lipinski definition) is 10. The first-order valence-electron chi connectivity index (χ1n) is 17.4. The summed E-state index contributed by atoms with van der Waals surface area (Å²) in [6, 6.07) is 2.58. The molecule has 7 rings (SSSR count). The predicted molar refractivity (Wildman–Crippen MR) is 197 cm³/mol. The summed E-state index contributed by atoms with van der Waals surface area (Å²) in [6.45, 7) is 8.37. The molecule has 2 unspecified atom stereocenters. The molecule has 0 bridgehead atoms. The Balaban J connectivity index is 1.40. The second-order valence-electron chi connectivity index (χ2n) is 15.1. The van der Waals surface area contributed by atoms with Crippen LogP contribution in [0.4, 0.5) is 20.2 Å². The van der Waals surface area contributed by atoms with Gasteiger partial charge in [0, 0.05) is 62.3 Å². The SMILES string of the molecule is CCOC(=O)c1cn(C)c2ncc(-c3cnc4[nH]c5c(NC)cc(F)c(F)c5c4c3N3CC[C@@H]4C[N+](C)(COP(=O)(O)OC(C)(C)C)C[C@@H]43)cc2c1=O. The third-order valence-corrected chi connectivity index (χ3v) is 11.3. The topological polar surface area (TPSA) is 161 Å². The number of esters is 1. The summed E-state index contributed by atoms with van der Waals surface area (Å²) in [4.78, 5) is 51.5. The van der Waals surface area contributed by atoms with Crippen LogP contribution in [-0.2, 0) is 25.4 Å². The first-order chi connectivity index (χ1) is 24.9. The van der Waals surface area contributed by atoms with E-state index in [0.717, 1.165) is 12.5 Å². The maximum absolute atomic E-state index is 16.0. The maximum atomic E-state index is 16.0. The lowest BCUT2D eigenvalue weighted by Gasteiger charge is -2.34. The lowest BCUT2D eigenvalue weighted by Crippen LogP contribution is -2.47. The molecule has 0 aliphatic carbocycles. The average molecular weight is 755 g/mol. The number of ether oxygens (including phenoxy) is 1. The minimum atomic E-state index is -4.36. The number of aromatic nitrogens is 4. The average Bonchev–Trinajstić information content (AvgIpc) is 3.76. The number of aromatic amines is 1. The zero-order valence-electron chi connectivity index (χ0n) is 30.6. The van der Waals surface area contributed by atoms with Crippen molar-refractivity contribution in [2.75, 3.05) is 57.3 Å². The van der Waals surface area contributed by atoms with Crippen LogP contribution in [0.2, 0.25) is 0 Å². The zero-order valence-corrected chi connectivity index (χ0v) is 31.5. The fourth-order valence-electron chi connectivity index (χ4n) is 7.95. The molecule has 0 amide bonds. The normalized spacial score (nSPS) is 21.4. The van der Waals surface area contributed by atoms with Crippen LogP contribution in [-0.4, -0.2) is 93.6 Å². The van der Waals surface area contributed by atoms with Crippen molar-refractivity contribution in [2.45, 2.75) is 45.8 Å². The third-order valence-electron chi connectivity index (χ3n) is 10.1. The van der Waals surface area contributed by atoms with Gasteiger partial charge in [0.25, 0.3) is 0 Å². The van der Waals surface area contributed by atoms with Crippen molar-refractivity contribution < 1.29 is 41.3 Å². The van der Waals surface area contributed by atoms with Crippen molar-refractivity contribution in [3.63, 3.8) is 0 Å². The Morgan fingerprint density at radius 1 is 1.19 bits per heavy atom. The number of anilines is 2. The van der Waals surface area contributed by atoms with Gasteiger partial charge in [0.15, 0.2) is 18.4 Å². The Bertz CT molecular complexity index is 2410. The molecule has 0 spiro atoms. The van der Waals surface area contributed by atoms with Crippen molar-refractivity contribution in [1.29, 1.82) is 0 Å². The summed E-state index contributed by atoms with van der Waals surface area (Å²) in [6.07, 6.45) is 5.35. The largest absolute Gasteiger partial charge is 0.477 e. The number of quaternary nitrogens is 1. The van der Waals surface area contributed by atoms with E-state index in [1.807, 2.05) is 7.05 Å². The van der Waals surface area contributed by atoms with Crippen LogP contribution in [0.25, 0.3) is 44.1 Å². The molecule has 1 aromatic carbocycles. The molecule has 0 radical (unpaired) electrons. The maximum Gasteiger partial charge on any atom is 0.477 e. The molecule has 2 fully saturated rings. The molecule has 282 valence electrons. The summed E-state index contributed by atoms with van der Waals surface area (Å²) in [5.41, 5.74) is 1.32. The van der Waals surface area contributed by atoms with Crippen molar-refractivity contribution >= 4 is 58.1 Å². The molecule has 3 N–H and O–H groups in total. The number of nitrogens with one attached hydrogen (secondary N) is 2. The van der Waals surface area contributed by atoms with Crippen LogP contribution in [0.3, 0.4) is 0 Å². The number of benzene rings is 1. The number of carbonyl (C=O) groups excluding carboxylic acids is 1. The second-order valence-corrected chi connectivity index (χ2v) is 16.5. The van der Waals surface area contributed by atoms with Crippen LogP contribution in [0.15, 0.2) is 35.5 Å². The van der Waals surface area contributed by atoms with E-state index in [9.17, 15) is 19.0 Å². The van der Waals surface area contributed by atoms with Gasteiger partial charge in [-0.1, -0.05) is 0 Å². The first-order valence-corrected chi connectivity index (χ1v) is 18.9. The number of hydrogen-bond donors (Lipinski definition) is 3. The Kier molecular flexibility index (Phi) is 9.13. The van der Waals surface area contributed by atoms with E-state index in [1.54, 1.807) is 64.8 Å². The smallest absolute Gasteiger partial charge is 0.462 e. The minimum absolute atomic E-state index is 0.0190. The highest BCUT2D eigenvalue weighted by atomic mass is 31.2. The number of phosphoric acid groups is 1. The van der Waals surface area contributed by atoms with Crippen molar-refractivity contribution in [2.24, 2.45) is 13.0 Å². The molecule has 14 nitrogen and oxygen atoms in total. The summed E-state index contributed by atoms with van der Waals surface area (Å²) in [7, 11) is 0.876. The highest BCUT2D eigenvalue weighted by molar-refractivity contribution is 7.47. The predicted octanol–water partition coefficient (Wildman–Crippen LogP) is 5.67. The van der Waals surface area contributed by atoms with Crippen molar-refractivity contribution in [3.05, 3.63) is 58.1 Å². The molecule has 0 saturated carbocycles. The van der Waals surface area contributed by atoms with E-state index in [4.69, 9.17) is 13.8 Å². The Morgan fingerprint density at radius 2 is 1.94 bits per heavy atom. The van der Waals surface area contributed by atoms with Gasteiger partial charge in [0.05, 0.1) is 64.9 Å². The molecule has 17 heteroatoms. The van der Waals surface area contributed by atoms with Crippen LogP contribution >= 0.6 is 7.82 Å². The number of phosphoric ester groups is 1. The number of likely N-dealkylation sites (tertiary alicyclic amines) is 1. The van der Waals surface area contributed by atoms with Gasteiger partial charge >= 0.3 is 13.8 Å². The van der Waals surface area contributed by atoms with Crippen LogP contribution in [0, 0.1) is 17.6 Å². The zero-order chi connectivity index (χ0) is 38.2. The van der Waals surface area contributed by atoms with E-state index in [-0.39, 0.29) is 41.6 Å². The first kappa shape index (κ1) is 36.9. The van der Waals surface area contributed by atoms with E-state index in [0.29, 0.717) is 68.8 Å². The summed E-state index contributed by atoms with van der Waals surface area (Å²) < 4.78 is 61.9. The van der Waals surface area contributed by atoms with Gasteiger partial charge in [-0.2, -0.15) is 0 Å². The van der Waals surface area contributed by atoms with Crippen LogP contribution in [0.5, 0.6) is 0 Å². The number of H-pyrrole nitrogens is 1. The standard InChI is InChI=1S/C36H42F2N7O7P/c1-8-50-35(47)23-15-43(6)34-21(32(23)46)11-20(13-41-34)22-14-40-33-28(27-29(38)24(37)12-25(39-5)30(27)42-33)31(22)44-10-9-19-16-45(7,17-26(19)44)18-51-53(48,49)52-36(2,3)4/h11-15,19,26,39H,8-10,16-18H2,1-7H3,(H-,40,42,48,49)/p+1/t19-,26+,45?/m1/s1. The van der Waals surface area contributed by atoms with Gasteiger partial charge in [0.1, 0.15) is 23.4 Å². The lowest BCUT2D eigenvalue weighted by molar-refractivity contribution is -0.915. The Hall–Kier alpha value is -4.47. The Labute approximate surface area is 303 Å². The number of aryl methyl sites for hydroxylation is 1. The molecule has 2 aliphatic heterocycles. The molecular formula is C36H43F2N7O7P+. The van der Waals surface area contributed by atoms with Gasteiger partial charge < -0.3 is 33.9 Å². The van der Waals surface area contributed by atoms with Gasteiger partial charge in [0.2, 0.25) is 5.43 Å². The fraction of sp³-hybridized carbons (Fsp3) is 0.444. The molecule has 2 aliphatic rings. The van der Waals surface area contributed by atoms with Crippen molar-refractivity contribution in [1.82, 2.24) is 19.5 Å². The molecular weight excluding hydrogens is 711 g/mol. The van der Waals surface area contributed by atoms with Gasteiger partial charge in [-0.05, 0) is 40.2 Å². The monoisotopic (exact) mass is 754 g/mol. The summed E-state index contributed by atoms with van der Waals surface area (Å²) in [5, 5.41) is 3.49. The summed E-state index contributed by atoms with van der Waals surface area (Å²) >= 11 is 0. The fourth-order valence-corrected chi connectivity index (χ4v) is 9.12. The highest BCUT2D eigenvalue weighted by Crippen LogP contribution is 2.50. The molecule has 5 aromatic rings. The number of rotatable bonds is 9. The molecule has 4 atom stereocenters. The van der Waals surface area contributed by atoms with E-state index < -0.39 is 36.5 Å². The number of halogens is 2. The number of likely N-dealkylation sites (N-methyl/N-ethyl adjacent to an activating group) is 1. The molecule has 4 aromatic heterocycles. The minimum Gasteiger partial charge on any atom is -0.462 e. The van der Waals surface area contributed by atoms with Gasteiger partial charge in [-0.15, -0.1) is 0 Å². The molecule has 2 saturated heterocycles. The molecule has 6 heterocycles. The van der Waals surface area contributed by atoms with E-state index in [2.05, 4.69) is 25.2 Å². The van der Waals surface area contributed by atoms with Crippen LogP contribution < -0.4 is 15.6 Å². The number of pyridine rings is 3. The van der Waals surface area contributed by atoms with Crippen LogP contribution in [0.1, 0.15) is 44.5 Å². The number of fused-ring (bicyclic) bond motifs is 5. The number of nitrogens with zero attached hydrogens (tertiary/aromatic N) is 5. The second kappa shape index (κ2) is 13.1. The lowest BCUT2D eigenvalue weighted by atomic mass is 9.99. The van der Waals surface area contributed by atoms with E-state index in [1.165, 1.54) is 6.20 Å². The van der Waals surface area contributed by atoms with Gasteiger partial charge in [-0.3, -0.25) is 9.32 Å². The number of carbonyl (C=O) groups is 1. The molecule has 53 heavy (non-hydrogen) atoms. The quantitative estimate of drug-likeness (QED) is 0.0967. The highest BCUT2D eigenvalue weighted by Gasteiger charge is 2.51.